The molecule has 0 radical (unpaired) electrons. The van der Waals surface area contributed by atoms with Gasteiger partial charge in [-0.3, -0.25) is 9.88 Å². The summed E-state index contributed by atoms with van der Waals surface area (Å²) in [5, 5.41) is 14.2. The SMILES string of the molecule is Cc1c(Nc2c(C#N)cncc2-c2ccc(CN3CCN(C)CC3)cc2F)ccc2[nH]ccc12. The van der Waals surface area contributed by atoms with E-state index >= 15 is 4.39 Å². The van der Waals surface area contributed by atoms with Crippen LogP contribution in [0.15, 0.2) is 55.0 Å². The second kappa shape index (κ2) is 9.26. The topological polar surface area (TPSA) is 71.0 Å². The van der Waals surface area contributed by atoms with E-state index in [0.29, 0.717) is 22.4 Å². The molecule has 0 aliphatic carbocycles. The zero-order valence-electron chi connectivity index (χ0n) is 19.4. The molecule has 0 spiro atoms. The number of aromatic nitrogens is 2. The highest BCUT2D eigenvalue weighted by atomic mass is 19.1. The molecule has 0 atom stereocenters. The molecule has 1 aliphatic heterocycles. The first-order valence-corrected chi connectivity index (χ1v) is 11.4. The lowest BCUT2D eigenvalue weighted by Crippen LogP contribution is -2.43. The monoisotopic (exact) mass is 454 g/mol. The number of piperazine rings is 1. The number of pyridine rings is 1. The Bertz CT molecular complexity index is 1380. The molecule has 6 nitrogen and oxygen atoms in total. The molecular weight excluding hydrogens is 427 g/mol. The smallest absolute Gasteiger partial charge is 0.131 e. The summed E-state index contributed by atoms with van der Waals surface area (Å²) >= 11 is 0. The Kier molecular flexibility index (Phi) is 6.01. The molecule has 0 saturated carbocycles. The maximum absolute atomic E-state index is 15.4. The Morgan fingerprint density at radius 1 is 1.09 bits per heavy atom. The third-order valence-electron chi connectivity index (χ3n) is 6.66. The molecule has 0 unspecified atom stereocenters. The van der Waals surface area contributed by atoms with Gasteiger partial charge in [0, 0.05) is 79.0 Å². The quantitative estimate of drug-likeness (QED) is 0.442. The number of halogens is 1. The number of aryl methyl sites for hydroxylation is 1. The number of nitrogens with one attached hydrogen (secondary N) is 2. The van der Waals surface area contributed by atoms with Gasteiger partial charge in [0.1, 0.15) is 11.9 Å². The number of likely N-dealkylation sites (N-methyl/N-ethyl adjacent to an activating group) is 1. The van der Waals surface area contributed by atoms with E-state index in [1.165, 1.54) is 6.20 Å². The van der Waals surface area contributed by atoms with Gasteiger partial charge < -0.3 is 15.2 Å². The minimum atomic E-state index is -0.315. The van der Waals surface area contributed by atoms with Crippen molar-refractivity contribution in [3.05, 3.63) is 77.5 Å². The predicted molar refractivity (Wildman–Crippen MR) is 133 cm³/mol. The molecule has 1 aliphatic rings. The van der Waals surface area contributed by atoms with Crippen LogP contribution in [0.25, 0.3) is 22.0 Å². The van der Waals surface area contributed by atoms with Gasteiger partial charge in [0.05, 0.1) is 11.3 Å². The number of hydrogen-bond acceptors (Lipinski definition) is 5. The molecule has 1 saturated heterocycles. The molecule has 34 heavy (non-hydrogen) atoms. The Morgan fingerprint density at radius 2 is 1.91 bits per heavy atom. The van der Waals surface area contributed by atoms with Crippen LogP contribution >= 0.6 is 0 Å². The minimum absolute atomic E-state index is 0.315. The second-order valence-electron chi connectivity index (χ2n) is 8.92. The average molecular weight is 455 g/mol. The van der Waals surface area contributed by atoms with Crippen molar-refractivity contribution in [2.75, 3.05) is 38.5 Å². The van der Waals surface area contributed by atoms with Crippen LogP contribution < -0.4 is 5.32 Å². The molecule has 3 heterocycles. The standard InChI is InChI=1S/C27H27FN6/c1-18-21-7-8-31-26(21)6-5-25(18)32-27-20(14-29)15-30-16-23(27)22-4-3-19(13-24(22)28)17-34-11-9-33(2)10-12-34/h3-8,13,15-16,31H,9-12,17H2,1-2H3,(H,30,32). The van der Waals surface area contributed by atoms with Crippen molar-refractivity contribution in [2.45, 2.75) is 13.5 Å². The predicted octanol–water partition coefficient (Wildman–Crippen LogP) is 5.04. The van der Waals surface area contributed by atoms with E-state index in [9.17, 15) is 5.26 Å². The molecule has 2 aromatic heterocycles. The zero-order valence-corrected chi connectivity index (χ0v) is 19.4. The first-order chi connectivity index (χ1) is 16.5. The maximum atomic E-state index is 15.4. The molecule has 172 valence electrons. The van der Waals surface area contributed by atoms with Crippen molar-refractivity contribution in [1.29, 1.82) is 5.26 Å². The molecule has 0 amide bonds. The third-order valence-corrected chi connectivity index (χ3v) is 6.66. The van der Waals surface area contributed by atoms with E-state index in [1.807, 2.05) is 37.4 Å². The summed E-state index contributed by atoms with van der Waals surface area (Å²) in [4.78, 5) is 12.1. The van der Waals surface area contributed by atoms with E-state index < -0.39 is 0 Å². The highest BCUT2D eigenvalue weighted by Crippen LogP contribution is 2.36. The Hall–Kier alpha value is -3.73. The highest BCUT2D eigenvalue weighted by Gasteiger charge is 2.18. The van der Waals surface area contributed by atoms with Gasteiger partial charge in [-0.25, -0.2) is 4.39 Å². The first kappa shape index (κ1) is 22.1. The molecule has 4 aromatic rings. The van der Waals surface area contributed by atoms with Crippen LogP contribution in [0, 0.1) is 24.1 Å². The van der Waals surface area contributed by atoms with Gasteiger partial charge in [0.15, 0.2) is 0 Å². The van der Waals surface area contributed by atoms with Crippen molar-refractivity contribution in [3.63, 3.8) is 0 Å². The molecule has 0 bridgehead atoms. The molecule has 1 fully saturated rings. The minimum Gasteiger partial charge on any atom is -0.361 e. The fourth-order valence-electron chi connectivity index (χ4n) is 4.58. The number of anilines is 2. The fraction of sp³-hybridized carbons (Fsp3) is 0.259. The summed E-state index contributed by atoms with van der Waals surface area (Å²) in [6, 6.07) is 13.6. The van der Waals surface area contributed by atoms with Crippen molar-refractivity contribution in [1.82, 2.24) is 19.8 Å². The summed E-state index contributed by atoms with van der Waals surface area (Å²) in [7, 11) is 2.12. The number of nitriles is 1. The van der Waals surface area contributed by atoms with Gasteiger partial charge in [-0.2, -0.15) is 5.26 Å². The number of H-pyrrole nitrogens is 1. The van der Waals surface area contributed by atoms with Crippen molar-refractivity contribution in [2.24, 2.45) is 0 Å². The number of benzene rings is 2. The van der Waals surface area contributed by atoms with Gasteiger partial charge in [0.25, 0.3) is 0 Å². The number of hydrogen-bond donors (Lipinski definition) is 2. The van der Waals surface area contributed by atoms with Gasteiger partial charge in [-0.15, -0.1) is 0 Å². The Morgan fingerprint density at radius 3 is 2.68 bits per heavy atom. The lowest BCUT2D eigenvalue weighted by atomic mass is 10.00. The third kappa shape index (κ3) is 4.26. The molecular formula is C27H27FN6. The molecule has 2 aromatic carbocycles. The number of aromatic amines is 1. The maximum Gasteiger partial charge on any atom is 0.131 e. The number of fused-ring (bicyclic) bond motifs is 1. The second-order valence-corrected chi connectivity index (χ2v) is 8.92. The average Bonchev–Trinajstić information content (AvgIpc) is 3.32. The van der Waals surface area contributed by atoms with E-state index in [2.05, 4.69) is 38.2 Å². The highest BCUT2D eigenvalue weighted by molar-refractivity contribution is 5.91. The summed E-state index contributed by atoms with van der Waals surface area (Å²) < 4.78 is 15.4. The number of rotatable bonds is 5. The Balaban J connectivity index is 1.48. The van der Waals surface area contributed by atoms with Crippen LogP contribution in [0.3, 0.4) is 0 Å². The van der Waals surface area contributed by atoms with Crippen LogP contribution in [0.5, 0.6) is 0 Å². The lowest BCUT2D eigenvalue weighted by Gasteiger charge is -2.32. The fourth-order valence-corrected chi connectivity index (χ4v) is 4.58. The molecule has 7 heteroatoms. The van der Waals surface area contributed by atoms with Crippen molar-refractivity contribution < 1.29 is 4.39 Å². The van der Waals surface area contributed by atoms with E-state index in [1.54, 1.807) is 18.3 Å². The molecule has 2 N–H and O–H groups in total. The van der Waals surface area contributed by atoms with Crippen LogP contribution in [-0.4, -0.2) is 53.0 Å². The summed E-state index contributed by atoms with van der Waals surface area (Å²) in [5.74, 6) is -0.315. The van der Waals surface area contributed by atoms with Crippen molar-refractivity contribution in [3.8, 4) is 17.2 Å². The number of nitrogens with zero attached hydrogens (tertiary/aromatic N) is 4. The Labute approximate surface area is 198 Å². The van der Waals surface area contributed by atoms with Gasteiger partial charge in [-0.1, -0.05) is 12.1 Å². The van der Waals surface area contributed by atoms with Crippen LogP contribution in [0.4, 0.5) is 15.8 Å². The van der Waals surface area contributed by atoms with Crippen molar-refractivity contribution >= 4 is 22.3 Å². The molecule has 5 rings (SSSR count). The van der Waals surface area contributed by atoms with Gasteiger partial charge in [-0.05, 0) is 49.4 Å². The lowest BCUT2D eigenvalue weighted by molar-refractivity contribution is 0.148. The van der Waals surface area contributed by atoms with Gasteiger partial charge in [0.2, 0.25) is 0 Å². The van der Waals surface area contributed by atoms with E-state index in [0.717, 1.165) is 60.4 Å². The summed E-state index contributed by atoms with van der Waals surface area (Å²) in [6.45, 7) is 6.76. The van der Waals surface area contributed by atoms with Crippen LogP contribution in [-0.2, 0) is 6.54 Å². The zero-order chi connectivity index (χ0) is 23.7. The van der Waals surface area contributed by atoms with Crippen LogP contribution in [0.1, 0.15) is 16.7 Å². The van der Waals surface area contributed by atoms with E-state index in [4.69, 9.17) is 0 Å². The largest absolute Gasteiger partial charge is 0.361 e. The summed E-state index contributed by atoms with van der Waals surface area (Å²) in [5.41, 5.74) is 5.81. The normalized spacial score (nSPS) is 14.9. The first-order valence-electron chi connectivity index (χ1n) is 11.4. The van der Waals surface area contributed by atoms with E-state index in [-0.39, 0.29) is 5.82 Å². The van der Waals surface area contributed by atoms with Gasteiger partial charge >= 0.3 is 0 Å². The van der Waals surface area contributed by atoms with Crippen LogP contribution in [0.2, 0.25) is 0 Å². The summed E-state index contributed by atoms with van der Waals surface area (Å²) in [6.07, 6.45) is 5.03.